The maximum absolute atomic E-state index is 4.24. The molecule has 0 amide bonds. The van der Waals surface area contributed by atoms with Crippen LogP contribution in [0.1, 0.15) is 18.4 Å². The van der Waals surface area contributed by atoms with E-state index in [0.717, 1.165) is 17.7 Å². The van der Waals surface area contributed by atoms with Crippen LogP contribution in [-0.2, 0) is 0 Å². The van der Waals surface area contributed by atoms with E-state index in [1.807, 2.05) is 12.3 Å². The number of rotatable bonds is 2. The Morgan fingerprint density at radius 2 is 2.13 bits per heavy atom. The van der Waals surface area contributed by atoms with E-state index in [-0.39, 0.29) is 0 Å². The minimum absolute atomic E-state index is 0.620. The van der Waals surface area contributed by atoms with Gasteiger partial charge in [0.05, 0.1) is 0 Å². The fraction of sp³-hybridized carbons (Fsp3) is 0.417. The second-order valence-electron chi connectivity index (χ2n) is 3.92. The zero-order valence-electron chi connectivity index (χ0n) is 8.67. The number of hydrogen-bond donors (Lipinski definition) is 1. The number of aromatic nitrogens is 1. The summed E-state index contributed by atoms with van der Waals surface area (Å²) < 4.78 is 0.879. The van der Waals surface area contributed by atoms with E-state index < -0.39 is 0 Å². The summed E-state index contributed by atoms with van der Waals surface area (Å²) in [4.78, 5) is 4.24. The predicted molar refractivity (Wildman–Crippen MR) is 66.6 cm³/mol. The molecule has 0 bridgehead atoms. The summed E-state index contributed by atoms with van der Waals surface area (Å²) in [6, 6.07) is 4.06. The Morgan fingerprint density at radius 3 is 2.73 bits per heavy atom. The number of nitrogens with one attached hydrogen (secondary N) is 1. The summed E-state index contributed by atoms with van der Waals surface area (Å²) in [6.07, 6.45) is 4.28. The molecular formula is C12H15BrN2. The van der Waals surface area contributed by atoms with Gasteiger partial charge in [0.1, 0.15) is 4.60 Å². The van der Waals surface area contributed by atoms with Crippen molar-refractivity contribution in [2.45, 2.75) is 12.8 Å². The van der Waals surface area contributed by atoms with E-state index in [1.165, 1.54) is 24.0 Å². The number of allylic oxidation sites excluding steroid dienone is 1. The summed E-state index contributed by atoms with van der Waals surface area (Å²) in [7, 11) is 0. The van der Waals surface area contributed by atoms with Gasteiger partial charge < -0.3 is 5.32 Å². The first kappa shape index (κ1) is 10.8. The van der Waals surface area contributed by atoms with Crippen LogP contribution >= 0.6 is 15.9 Å². The molecule has 0 saturated carbocycles. The highest BCUT2D eigenvalue weighted by molar-refractivity contribution is 9.10. The lowest BCUT2D eigenvalue weighted by molar-refractivity contribution is 0.447. The molecule has 0 radical (unpaired) electrons. The Hall–Kier alpha value is -0.670. The summed E-state index contributed by atoms with van der Waals surface area (Å²) in [5.41, 5.74) is 2.40. The molecule has 2 heterocycles. The van der Waals surface area contributed by atoms with Crippen LogP contribution in [0.25, 0.3) is 5.57 Å². The number of piperidine rings is 1. The molecule has 1 aromatic rings. The van der Waals surface area contributed by atoms with Gasteiger partial charge >= 0.3 is 0 Å². The molecular weight excluding hydrogens is 252 g/mol. The van der Waals surface area contributed by atoms with Gasteiger partial charge in [-0.15, -0.1) is 0 Å². The summed E-state index contributed by atoms with van der Waals surface area (Å²) in [6.45, 7) is 6.40. The Bertz CT molecular complexity index is 339. The van der Waals surface area contributed by atoms with Crippen LogP contribution in [0.3, 0.4) is 0 Å². The number of pyridine rings is 1. The smallest absolute Gasteiger partial charge is 0.106 e. The van der Waals surface area contributed by atoms with Crippen LogP contribution in [0, 0.1) is 5.92 Å². The van der Waals surface area contributed by atoms with Crippen LogP contribution < -0.4 is 5.32 Å². The van der Waals surface area contributed by atoms with E-state index in [2.05, 4.69) is 38.9 Å². The first-order valence-electron chi connectivity index (χ1n) is 5.29. The zero-order valence-corrected chi connectivity index (χ0v) is 10.3. The first-order chi connectivity index (χ1) is 7.27. The molecule has 1 aliphatic rings. The SMILES string of the molecule is C=C(c1ccc(Br)nc1)C1CCNCC1. The molecule has 1 aliphatic heterocycles. The van der Waals surface area contributed by atoms with Crippen molar-refractivity contribution in [3.05, 3.63) is 35.1 Å². The third kappa shape index (κ3) is 2.67. The molecule has 1 saturated heterocycles. The van der Waals surface area contributed by atoms with Crippen molar-refractivity contribution < 1.29 is 0 Å². The molecule has 1 fully saturated rings. The lowest BCUT2D eigenvalue weighted by Crippen LogP contribution is -2.28. The van der Waals surface area contributed by atoms with Gasteiger partial charge in [-0.1, -0.05) is 12.6 Å². The monoisotopic (exact) mass is 266 g/mol. The fourth-order valence-corrected chi connectivity index (χ4v) is 2.21. The summed E-state index contributed by atoms with van der Waals surface area (Å²) in [5.74, 6) is 0.620. The standard InChI is InChI=1S/C12H15BrN2/c1-9(10-4-6-14-7-5-10)11-2-3-12(13)15-8-11/h2-3,8,10,14H,1,4-7H2. The molecule has 2 nitrogen and oxygen atoms in total. The minimum Gasteiger partial charge on any atom is -0.317 e. The normalized spacial score (nSPS) is 17.7. The minimum atomic E-state index is 0.620. The molecule has 1 N–H and O–H groups in total. The van der Waals surface area contributed by atoms with Crippen LogP contribution in [0.4, 0.5) is 0 Å². The van der Waals surface area contributed by atoms with Gasteiger partial charge in [-0.2, -0.15) is 0 Å². The maximum Gasteiger partial charge on any atom is 0.106 e. The topological polar surface area (TPSA) is 24.9 Å². The van der Waals surface area contributed by atoms with E-state index in [0.29, 0.717) is 5.92 Å². The van der Waals surface area contributed by atoms with Gasteiger partial charge in [0.2, 0.25) is 0 Å². The molecule has 0 aliphatic carbocycles. The van der Waals surface area contributed by atoms with Gasteiger partial charge in [0.25, 0.3) is 0 Å². The summed E-state index contributed by atoms with van der Waals surface area (Å²) in [5, 5.41) is 3.37. The van der Waals surface area contributed by atoms with Crippen molar-refractivity contribution in [2.24, 2.45) is 5.92 Å². The average Bonchev–Trinajstić information content (AvgIpc) is 2.30. The Morgan fingerprint density at radius 1 is 1.40 bits per heavy atom. The number of nitrogens with zero attached hydrogens (tertiary/aromatic N) is 1. The van der Waals surface area contributed by atoms with Crippen LogP contribution in [0.15, 0.2) is 29.5 Å². The van der Waals surface area contributed by atoms with Gasteiger partial charge in [-0.25, -0.2) is 4.98 Å². The Labute approximate surface area is 98.9 Å². The second kappa shape index (κ2) is 4.90. The third-order valence-electron chi connectivity index (χ3n) is 2.93. The molecule has 15 heavy (non-hydrogen) atoms. The highest BCUT2D eigenvalue weighted by Gasteiger charge is 2.17. The summed E-state index contributed by atoms with van der Waals surface area (Å²) >= 11 is 3.34. The Kier molecular flexibility index (Phi) is 3.54. The zero-order chi connectivity index (χ0) is 10.7. The van der Waals surface area contributed by atoms with Crippen LogP contribution in [0.2, 0.25) is 0 Å². The van der Waals surface area contributed by atoms with Crippen molar-refractivity contribution in [1.29, 1.82) is 0 Å². The number of hydrogen-bond acceptors (Lipinski definition) is 2. The highest BCUT2D eigenvalue weighted by Crippen LogP contribution is 2.28. The maximum atomic E-state index is 4.24. The largest absolute Gasteiger partial charge is 0.317 e. The van der Waals surface area contributed by atoms with Crippen molar-refractivity contribution in [3.8, 4) is 0 Å². The molecule has 0 unspecified atom stereocenters. The molecule has 0 atom stereocenters. The van der Waals surface area contributed by atoms with Crippen molar-refractivity contribution in [3.63, 3.8) is 0 Å². The van der Waals surface area contributed by atoms with Crippen LogP contribution in [-0.4, -0.2) is 18.1 Å². The molecule has 0 spiro atoms. The predicted octanol–water partition coefficient (Wildman–Crippen LogP) is 2.86. The van der Waals surface area contributed by atoms with Crippen molar-refractivity contribution in [1.82, 2.24) is 10.3 Å². The van der Waals surface area contributed by atoms with Crippen molar-refractivity contribution in [2.75, 3.05) is 13.1 Å². The van der Waals surface area contributed by atoms with Crippen LogP contribution in [0.5, 0.6) is 0 Å². The lowest BCUT2D eigenvalue weighted by Gasteiger charge is -2.24. The first-order valence-corrected chi connectivity index (χ1v) is 6.08. The quantitative estimate of drug-likeness (QED) is 0.833. The number of halogens is 1. The van der Waals surface area contributed by atoms with Gasteiger partial charge in [-0.05, 0) is 65.0 Å². The Balaban J connectivity index is 2.09. The van der Waals surface area contributed by atoms with E-state index in [1.54, 1.807) is 0 Å². The van der Waals surface area contributed by atoms with E-state index in [4.69, 9.17) is 0 Å². The second-order valence-corrected chi connectivity index (χ2v) is 4.73. The molecule has 80 valence electrons. The van der Waals surface area contributed by atoms with E-state index >= 15 is 0 Å². The third-order valence-corrected chi connectivity index (χ3v) is 3.40. The molecule has 1 aromatic heterocycles. The van der Waals surface area contributed by atoms with Gasteiger partial charge in [0, 0.05) is 6.20 Å². The highest BCUT2D eigenvalue weighted by atomic mass is 79.9. The fourth-order valence-electron chi connectivity index (χ4n) is 1.97. The van der Waals surface area contributed by atoms with Gasteiger partial charge in [-0.3, -0.25) is 0 Å². The van der Waals surface area contributed by atoms with Gasteiger partial charge in [0.15, 0.2) is 0 Å². The van der Waals surface area contributed by atoms with Crippen molar-refractivity contribution >= 4 is 21.5 Å². The lowest BCUT2D eigenvalue weighted by atomic mass is 9.87. The molecule has 3 heteroatoms. The molecule has 2 rings (SSSR count). The van der Waals surface area contributed by atoms with E-state index in [9.17, 15) is 0 Å². The average molecular weight is 267 g/mol. The molecule has 0 aromatic carbocycles.